The van der Waals surface area contributed by atoms with Crippen LogP contribution < -0.4 is 4.90 Å². The molecule has 1 aromatic carbocycles. The van der Waals surface area contributed by atoms with Gasteiger partial charge in [0, 0.05) is 36.1 Å². The van der Waals surface area contributed by atoms with E-state index in [4.69, 9.17) is 11.6 Å². The normalized spacial score (nSPS) is 10.9. The molecular weight excluding hydrogens is 358 g/mol. The second-order valence-electron chi connectivity index (χ2n) is 4.96. The fourth-order valence-electron chi connectivity index (χ4n) is 2.31. The highest BCUT2D eigenvalue weighted by atomic mass is 35.5. The van der Waals surface area contributed by atoms with Crippen LogP contribution in [0.3, 0.4) is 0 Å². The maximum absolute atomic E-state index is 11.4. The van der Waals surface area contributed by atoms with Crippen LogP contribution in [0.4, 0.5) is 17.3 Å². The first kappa shape index (κ1) is 16.1. The quantitative estimate of drug-likeness (QED) is 0.504. The minimum absolute atomic E-state index is 0.0943. The van der Waals surface area contributed by atoms with Crippen molar-refractivity contribution in [3.63, 3.8) is 0 Å². The lowest BCUT2D eigenvalue weighted by Crippen LogP contribution is -2.18. The van der Waals surface area contributed by atoms with Crippen molar-refractivity contribution in [2.75, 3.05) is 11.9 Å². The number of non-ortho nitro benzene ring substituents is 1. The highest BCUT2D eigenvalue weighted by Gasteiger charge is 2.26. The van der Waals surface area contributed by atoms with Gasteiger partial charge in [-0.05, 0) is 16.6 Å². The predicted octanol–water partition coefficient (Wildman–Crippen LogP) is 3.50. The van der Waals surface area contributed by atoms with Crippen LogP contribution in [0.2, 0.25) is 5.02 Å². The zero-order valence-corrected chi connectivity index (χ0v) is 13.8. The molecule has 0 radical (unpaired) electrons. The minimum Gasteiger partial charge on any atom is -0.358 e. The maximum Gasteiger partial charge on any atom is 0.373 e. The Kier molecular flexibility index (Phi) is 4.08. The van der Waals surface area contributed by atoms with Crippen LogP contribution in [0, 0.1) is 20.2 Å². The third-order valence-electron chi connectivity index (χ3n) is 3.40. The average Bonchev–Trinajstić information content (AvgIpc) is 3.08. The van der Waals surface area contributed by atoms with Crippen LogP contribution in [-0.4, -0.2) is 26.3 Å². The van der Waals surface area contributed by atoms with E-state index in [1.165, 1.54) is 33.9 Å². The highest BCUT2D eigenvalue weighted by molar-refractivity contribution is 7.15. The molecule has 2 aromatic heterocycles. The first-order chi connectivity index (χ1) is 11.4. The number of imidazole rings is 1. The number of nitro groups is 2. The number of fused-ring (bicyclic) bond motifs is 1. The summed E-state index contributed by atoms with van der Waals surface area (Å²) in [5.41, 5.74) is 0.391. The molecule has 9 nitrogen and oxygen atoms in total. The fraction of sp³-hybridized carbons (Fsp3) is 0.154. The van der Waals surface area contributed by atoms with Crippen molar-refractivity contribution >= 4 is 45.2 Å². The smallest absolute Gasteiger partial charge is 0.358 e. The molecule has 0 bridgehead atoms. The number of thiazole rings is 1. The van der Waals surface area contributed by atoms with Gasteiger partial charge in [-0.25, -0.2) is 0 Å². The Morgan fingerprint density at radius 2 is 2.08 bits per heavy atom. The number of nitro benzene ring substituents is 1. The van der Waals surface area contributed by atoms with Gasteiger partial charge in [0.05, 0.1) is 4.92 Å². The van der Waals surface area contributed by atoms with E-state index in [2.05, 4.69) is 4.98 Å². The second kappa shape index (κ2) is 6.06. The number of hydrogen-bond donors (Lipinski definition) is 0. The van der Waals surface area contributed by atoms with Crippen LogP contribution >= 0.6 is 22.9 Å². The van der Waals surface area contributed by atoms with Gasteiger partial charge < -0.3 is 15.0 Å². The molecule has 0 N–H and O–H groups in total. The van der Waals surface area contributed by atoms with Crippen molar-refractivity contribution in [3.8, 4) is 0 Å². The predicted molar refractivity (Wildman–Crippen MR) is 89.9 cm³/mol. The van der Waals surface area contributed by atoms with Gasteiger partial charge in [0.2, 0.25) is 5.82 Å². The zero-order valence-electron chi connectivity index (χ0n) is 12.2. The molecule has 0 amide bonds. The lowest BCUT2D eigenvalue weighted by molar-refractivity contribution is -0.389. The van der Waals surface area contributed by atoms with E-state index >= 15 is 0 Å². The van der Waals surface area contributed by atoms with E-state index in [9.17, 15) is 20.2 Å². The van der Waals surface area contributed by atoms with E-state index in [0.717, 1.165) is 0 Å². The summed E-state index contributed by atoms with van der Waals surface area (Å²) < 4.78 is 1.39. The Bertz CT molecular complexity index is 953. The van der Waals surface area contributed by atoms with E-state index in [-0.39, 0.29) is 23.9 Å². The van der Waals surface area contributed by atoms with Gasteiger partial charge in [-0.2, -0.15) is 9.38 Å². The second-order valence-corrected chi connectivity index (χ2v) is 6.24. The van der Waals surface area contributed by atoms with Crippen LogP contribution in [0.1, 0.15) is 5.56 Å². The summed E-state index contributed by atoms with van der Waals surface area (Å²) in [7, 11) is 1.62. The maximum atomic E-state index is 11.4. The molecule has 3 aromatic rings. The molecule has 124 valence electrons. The molecule has 3 rings (SSSR count). The molecule has 11 heteroatoms. The van der Waals surface area contributed by atoms with Crippen molar-refractivity contribution in [1.29, 1.82) is 0 Å². The average molecular weight is 368 g/mol. The third-order valence-corrected chi connectivity index (χ3v) is 4.53. The lowest BCUT2D eigenvalue weighted by Gasteiger charge is -2.16. The monoisotopic (exact) mass is 367 g/mol. The Morgan fingerprint density at radius 1 is 1.33 bits per heavy atom. The minimum atomic E-state index is -0.519. The third kappa shape index (κ3) is 2.76. The van der Waals surface area contributed by atoms with Gasteiger partial charge in [0.1, 0.15) is 6.20 Å². The number of benzene rings is 1. The molecule has 0 saturated carbocycles. The number of halogens is 1. The van der Waals surface area contributed by atoms with Crippen molar-refractivity contribution < 1.29 is 9.85 Å². The van der Waals surface area contributed by atoms with Crippen LogP contribution in [-0.2, 0) is 6.54 Å². The first-order valence-corrected chi connectivity index (χ1v) is 7.88. The van der Waals surface area contributed by atoms with E-state index in [1.54, 1.807) is 23.5 Å². The topological polar surface area (TPSA) is 107 Å². The fourth-order valence-corrected chi connectivity index (χ4v) is 3.20. The molecule has 0 unspecified atom stereocenters. The van der Waals surface area contributed by atoms with Crippen LogP contribution in [0.15, 0.2) is 29.8 Å². The van der Waals surface area contributed by atoms with Crippen LogP contribution in [0.25, 0.3) is 4.96 Å². The molecule has 0 saturated heterocycles. The Morgan fingerprint density at radius 3 is 2.75 bits per heavy atom. The standard InChI is InChI=1S/C13H10ClN5O4S/c1-16(7-8-6-9(18(20)21)2-3-10(8)14)11-12(19(22)23)17-4-5-24-13(17)15-11/h2-6H,7H2,1H3. The molecule has 0 spiro atoms. The van der Waals surface area contributed by atoms with Gasteiger partial charge in [-0.15, -0.1) is 0 Å². The van der Waals surface area contributed by atoms with Gasteiger partial charge in [0.15, 0.2) is 0 Å². The van der Waals surface area contributed by atoms with E-state index in [1.807, 2.05) is 0 Å². The van der Waals surface area contributed by atoms with Gasteiger partial charge >= 0.3 is 5.82 Å². The lowest BCUT2D eigenvalue weighted by atomic mass is 10.2. The van der Waals surface area contributed by atoms with Gasteiger partial charge in [-0.1, -0.05) is 22.9 Å². The largest absolute Gasteiger partial charge is 0.373 e. The summed E-state index contributed by atoms with van der Waals surface area (Å²) in [5, 5.41) is 24.3. The summed E-state index contributed by atoms with van der Waals surface area (Å²) in [6.45, 7) is 0.145. The first-order valence-electron chi connectivity index (χ1n) is 6.62. The van der Waals surface area contributed by atoms with Gasteiger partial charge in [0.25, 0.3) is 10.6 Å². The van der Waals surface area contributed by atoms with Crippen molar-refractivity contribution in [3.05, 3.63) is 60.6 Å². The molecular formula is C13H10ClN5O4S. The Labute approximate surface area is 144 Å². The summed E-state index contributed by atoms with van der Waals surface area (Å²) in [4.78, 5) is 27.5. The van der Waals surface area contributed by atoms with Crippen molar-refractivity contribution in [1.82, 2.24) is 9.38 Å². The Balaban J connectivity index is 1.99. The number of nitrogens with zero attached hydrogens (tertiary/aromatic N) is 5. The van der Waals surface area contributed by atoms with Gasteiger partial charge in [-0.3, -0.25) is 10.1 Å². The summed E-state index contributed by atoms with van der Waals surface area (Å²) >= 11 is 7.36. The molecule has 2 heterocycles. The molecule has 0 aliphatic carbocycles. The summed E-state index contributed by atoms with van der Waals surface area (Å²) in [5.74, 6) is 0.0183. The van der Waals surface area contributed by atoms with Crippen LogP contribution in [0.5, 0.6) is 0 Å². The highest BCUT2D eigenvalue weighted by Crippen LogP contribution is 2.32. The SMILES string of the molecule is CN(Cc1cc([N+](=O)[O-])ccc1Cl)c1nc2sccn2c1[N+](=O)[O-]. The van der Waals surface area contributed by atoms with E-state index < -0.39 is 9.85 Å². The number of rotatable bonds is 5. The molecule has 24 heavy (non-hydrogen) atoms. The number of aromatic nitrogens is 2. The van der Waals surface area contributed by atoms with E-state index in [0.29, 0.717) is 15.5 Å². The molecule has 0 aliphatic heterocycles. The number of hydrogen-bond acceptors (Lipinski definition) is 7. The van der Waals surface area contributed by atoms with Crippen molar-refractivity contribution in [2.45, 2.75) is 6.54 Å². The summed E-state index contributed by atoms with van der Waals surface area (Å²) in [6, 6.07) is 4.09. The number of anilines is 1. The molecule has 0 aliphatic rings. The molecule has 0 atom stereocenters. The van der Waals surface area contributed by atoms with Crippen molar-refractivity contribution in [2.24, 2.45) is 0 Å². The molecule has 0 fully saturated rings. The Hall–Kier alpha value is -2.72. The zero-order chi connectivity index (χ0) is 17.4. The summed E-state index contributed by atoms with van der Waals surface area (Å²) in [6.07, 6.45) is 1.57.